The van der Waals surface area contributed by atoms with Crippen molar-refractivity contribution in [3.05, 3.63) is 111 Å². The van der Waals surface area contributed by atoms with Crippen molar-refractivity contribution in [1.82, 2.24) is 9.62 Å². The Balaban J connectivity index is 1.93. The predicted octanol–water partition coefficient (Wildman–Crippen LogP) is 6.06. The number of nitrogens with one attached hydrogen (secondary N) is 1. The van der Waals surface area contributed by atoms with Crippen molar-refractivity contribution < 1.29 is 22.4 Å². The van der Waals surface area contributed by atoms with E-state index in [0.29, 0.717) is 22.6 Å². The molecule has 1 aliphatic rings. The van der Waals surface area contributed by atoms with Crippen LogP contribution in [0.4, 0.5) is 4.39 Å². The third-order valence-electron chi connectivity index (χ3n) is 6.82. The summed E-state index contributed by atoms with van der Waals surface area (Å²) in [7, 11) is -4.33. The van der Waals surface area contributed by atoms with E-state index in [1.165, 1.54) is 16.4 Å². The van der Waals surface area contributed by atoms with E-state index in [1.54, 1.807) is 36.4 Å². The van der Waals surface area contributed by atoms with Crippen LogP contribution < -0.4 is 11.1 Å². The molecule has 0 radical (unpaired) electrons. The molecule has 41 heavy (non-hydrogen) atoms. The number of primary amides is 1. The molecule has 4 rings (SSSR count). The van der Waals surface area contributed by atoms with Crippen LogP contribution in [0.2, 0.25) is 5.02 Å². The molecule has 11 heteroatoms. The average molecular weight is 663 g/mol. The van der Waals surface area contributed by atoms with Crippen LogP contribution in [-0.4, -0.2) is 30.6 Å². The molecule has 0 spiro atoms. The summed E-state index contributed by atoms with van der Waals surface area (Å²) in [4.78, 5) is 25.9. The number of halogens is 3. The Morgan fingerprint density at radius 2 is 1.73 bits per heavy atom. The zero-order valence-corrected chi connectivity index (χ0v) is 25.6. The van der Waals surface area contributed by atoms with Gasteiger partial charge in [-0.25, -0.2) is 12.8 Å². The monoisotopic (exact) mass is 661 g/mol. The molecule has 3 aromatic rings. The number of nitrogens with two attached hydrogens (primary N) is 1. The predicted molar refractivity (Wildman–Crippen MR) is 160 cm³/mol. The van der Waals surface area contributed by atoms with Gasteiger partial charge >= 0.3 is 0 Å². The van der Waals surface area contributed by atoms with Crippen LogP contribution in [0.3, 0.4) is 0 Å². The highest BCUT2D eigenvalue weighted by Crippen LogP contribution is 2.46. The number of carbonyl (C=O) groups is 2. The van der Waals surface area contributed by atoms with Gasteiger partial charge < -0.3 is 11.1 Å². The van der Waals surface area contributed by atoms with Crippen molar-refractivity contribution in [3.8, 4) is 0 Å². The van der Waals surface area contributed by atoms with Gasteiger partial charge in [0.1, 0.15) is 11.9 Å². The van der Waals surface area contributed by atoms with Gasteiger partial charge in [-0.05, 0) is 78.4 Å². The highest BCUT2D eigenvalue weighted by Gasteiger charge is 2.45. The SMILES string of the molecule is CC(C)C[C@H](NC(=O)C1=CCC(c2cccc(Br)c2)N(S(=O)(=O)c2ccc(F)cc2)[C@H]1c1cccc(Cl)c1)C(N)=O. The van der Waals surface area contributed by atoms with Gasteiger partial charge in [0.25, 0.3) is 0 Å². The van der Waals surface area contributed by atoms with Crippen LogP contribution in [0.25, 0.3) is 0 Å². The quantitative estimate of drug-likeness (QED) is 0.290. The van der Waals surface area contributed by atoms with Gasteiger partial charge in [0.15, 0.2) is 0 Å². The fourth-order valence-electron chi connectivity index (χ4n) is 4.98. The van der Waals surface area contributed by atoms with E-state index in [9.17, 15) is 22.4 Å². The van der Waals surface area contributed by atoms with E-state index in [2.05, 4.69) is 21.2 Å². The van der Waals surface area contributed by atoms with Crippen LogP contribution in [0, 0.1) is 11.7 Å². The molecule has 0 aliphatic carbocycles. The molecular formula is C30H30BrClFN3O4S. The van der Waals surface area contributed by atoms with Gasteiger partial charge in [0.2, 0.25) is 21.8 Å². The van der Waals surface area contributed by atoms with Gasteiger partial charge in [-0.15, -0.1) is 0 Å². The summed E-state index contributed by atoms with van der Waals surface area (Å²) in [5, 5.41) is 3.07. The van der Waals surface area contributed by atoms with Crippen molar-refractivity contribution in [2.75, 3.05) is 0 Å². The lowest BCUT2D eigenvalue weighted by Crippen LogP contribution is -2.49. The summed E-state index contributed by atoms with van der Waals surface area (Å²) in [6.07, 6.45) is 2.16. The number of amides is 2. The molecule has 0 aromatic heterocycles. The Morgan fingerprint density at radius 3 is 2.34 bits per heavy atom. The first-order valence-electron chi connectivity index (χ1n) is 13.0. The Bertz CT molecular complexity index is 1580. The zero-order valence-electron chi connectivity index (χ0n) is 22.4. The maximum Gasteiger partial charge on any atom is 0.249 e. The summed E-state index contributed by atoms with van der Waals surface area (Å²) in [5.74, 6) is -1.83. The molecule has 1 heterocycles. The number of sulfonamides is 1. The normalized spacial score (nSPS) is 18.5. The largest absolute Gasteiger partial charge is 0.368 e. The molecule has 1 aliphatic heterocycles. The van der Waals surface area contributed by atoms with Crippen LogP contribution in [0.15, 0.2) is 93.8 Å². The van der Waals surface area contributed by atoms with Gasteiger partial charge in [-0.3, -0.25) is 9.59 Å². The maximum atomic E-state index is 14.4. The second-order valence-corrected chi connectivity index (χ2v) is 13.5. The first-order chi connectivity index (χ1) is 19.4. The van der Waals surface area contributed by atoms with Gasteiger partial charge in [-0.1, -0.05) is 71.7 Å². The molecule has 3 aromatic carbocycles. The molecule has 3 N–H and O–H groups in total. The van der Waals surface area contributed by atoms with E-state index in [4.69, 9.17) is 17.3 Å². The molecule has 7 nitrogen and oxygen atoms in total. The minimum atomic E-state index is -4.33. The molecule has 2 amide bonds. The molecule has 0 bridgehead atoms. The number of nitrogens with zero attached hydrogens (tertiary/aromatic N) is 1. The van der Waals surface area contributed by atoms with Crippen molar-refractivity contribution in [3.63, 3.8) is 0 Å². The second kappa shape index (κ2) is 12.9. The lowest BCUT2D eigenvalue weighted by atomic mass is 9.88. The number of carbonyl (C=O) groups excluding carboxylic acids is 2. The Morgan fingerprint density at radius 1 is 1.07 bits per heavy atom. The lowest BCUT2D eigenvalue weighted by molar-refractivity contribution is -0.126. The first-order valence-corrected chi connectivity index (χ1v) is 15.6. The molecule has 0 saturated heterocycles. The Hall–Kier alpha value is -3.05. The molecule has 3 atom stereocenters. The molecule has 216 valence electrons. The Kier molecular flexibility index (Phi) is 9.69. The smallest absolute Gasteiger partial charge is 0.249 e. The topological polar surface area (TPSA) is 110 Å². The zero-order chi connectivity index (χ0) is 29.9. The fraction of sp³-hybridized carbons (Fsp3) is 0.267. The van der Waals surface area contributed by atoms with Crippen LogP contribution in [0.1, 0.15) is 49.9 Å². The number of benzene rings is 3. The van der Waals surface area contributed by atoms with Gasteiger partial charge in [-0.2, -0.15) is 4.31 Å². The van der Waals surface area contributed by atoms with E-state index in [1.807, 2.05) is 32.0 Å². The van der Waals surface area contributed by atoms with E-state index in [0.717, 1.165) is 16.6 Å². The highest BCUT2D eigenvalue weighted by atomic mass is 79.9. The summed E-state index contributed by atoms with van der Waals surface area (Å²) in [6, 6.07) is 15.6. The average Bonchev–Trinajstić information content (AvgIpc) is 2.91. The van der Waals surface area contributed by atoms with Crippen molar-refractivity contribution >= 4 is 49.4 Å². The van der Waals surface area contributed by atoms with Crippen molar-refractivity contribution in [2.24, 2.45) is 11.7 Å². The summed E-state index contributed by atoms with van der Waals surface area (Å²) in [5.41, 5.74) is 6.85. The van der Waals surface area contributed by atoms with Gasteiger partial charge in [0.05, 0.1) is 17.0 Å². The summed E-state index contributed by atoms with van der Waals surface area (Å²) >= 11 is 9.81. The van der Waals surface area contributed by atoms with Gasteiger partial charge in [0, 0.05) is 15.1 Å². The summed E-state index contributed by atoms with van der Waals surface area (Å²) < 4.78 is 44.6. The maximum absolute atomic E-state index is 14.4. The second-order valence-electron chi connectivity index (χ2n) is 10.3. The van der Waals surface area contributed by atoms with Crippen LogP contribution in [-0.2, 0) is 19.6 Å². The highest BCUT2D eigenvalue weighted by molar-refractivity contribution is 9.10. The minimum Gasteiger partial charge on any atom is -0.368 e. The van der Waals surface area contributed by atoms with Crippen LogP contribution in [0.5, 0.6) is 0 Å². The number of rotatable bonds is 9. The molecular weight excluding hydrogens is 633 g/mol. The molecule has 0 saturated carbocycles. The van der Waals surface area contributed by atoms with E-state index >= 15 is 0 Å². The standard InChI is InChI=1S/C30H30BrClFN3O4S/c1-18(2)15-26(29(34)37)35-30(38)25-13-14-27(19-5-3-7-21(31)16-19)36(28(25)20-6-4-8-22(32)17-20)41(39,40)24-11-9-23(33)10-12-24/h3-13,16-18,26-28H,14-15H2,1-2H3,(H2,34,37)(H,35,38)/t26-,27?,28-/m0/s1. The minimum absolute atomic E-state index is 0.0631. The van der Waals surface area contributed by atoms with Crippen LogP contribution >= 0.6 is 27.5 Å². The summed E-state index contributed by atoms with van der Waals surface area (Å²) in [6.45, 7) is 3.80. The first kappa shape index (κ1) is 30.9. The number of hydrogen-bond donors (Lipinski definition) is 2. The number of hydrogen-bond acceptors (Lipinski definition) is 4. The third-order valence-corrected chi connectivity index (χ3v) is 9.44. The van der Waals surface area contributed by atoms with Crippen molar-refractivity contribution in [1.29, 1.82) is 0 Å². The fourth-order valence-corrected chi connectivity index (χ4v) is 7.38. The van der Waals surface area contributed by atoms with E-state index in [-0.39, 0.29) is 22.8 Å². The van der Waals surface area contributed by atoms with Crippen molar-refractivity contribution in [2.45, 2.75) is 49.7 Å². The Labute approximate surface area is 252 Å². The lowest BCUT2D eigenvalue weighted by Gasteiger charge is -2.41. The molecule has 1 unspecified atom stereocenters. The molecule has 0 fully saturated rings. The third kappa shape index (κ3) is 7.06. The van der Waals surface area contributed by atoms with E-state index < -0.39 is 45.8 Å².